The van der Waals surface area contributed by atoms with Gasteiger partial charge in [0.15, 0.2) is 0 Å². The van der Waals surface area contributed by atoms with Gasteiger partial charge in [-0.25, -0.2) is 4.79 Å². The van der Waals surface area contributed by atoms with Gasteiger partial charge in [-0.15, -0.1) is 0 Å². The van der Waals surface area contributed by atoms with Crippen LogP contribution in [-0.4, -0.2) is 44.6 Å². The van der Waals surface area contributed by atoms with E-state index in [0.29, 0.717) is 0 Å². The van der Waals surface area contributed by atoms with Crippen LogP contribution in [0.15, 0.2) is 6.20 Å². The Labute approximate surface area is 96.2 Å². The maximum absolute atomic E-state index is 11.4. The summed E-state index contributed by atoms with van der Waals surface area (Å²) in [5.41, 5.74) is 5.82. The molecule has 9 nitrogen and oxygen atoms in total. The minimum absolute atomic E-state index is 0.233. The second kappa shape index (κ2) is 5.16. The number of carboxylic acid groups (broad SMARTS) is 1. The van der Waals surface area contributed by atoms with Crippen LogP contribution in [0.4, 0.5) is 16.3 Å². The normalized spacial score (nSPS) is 11.9. The summed E-state index contributed by atoms with van der Waals surface area (Å²) in [5, 5.41) is 25.6. The number of aliphatic hydroxyl groups excluding tert-OH is 1. The zero-order valence-corrected chi connectivity index (χ0v) is 9.04. The summed E-state index contributed by atoms with van der Waals surface area (Å²) in [4.78, 5) is 21.6. The van der Waals surface area contributed by atoms with Crippen LogP contribution in [0.1, 0.15) is 0 Å². The zero-order chi connectivity index (χ0) is 13.0. The molecule has 9 heteroatoms. The highest BCUT2D eigenvalue weighted by Crippen LogP contribution is 2.15. The molecule has 17 heavy (non-hydrogen) atoms. The van der Waals surface area contributed by atoms with Crippen molar-refractivity contribution in [3.8, 4) is 0 Å². The fourth-order valence-corrected chi connectivity index (χ4v) is 1.04. The molecule has 94 valence electrons. The smallest absolute Gasteiger partial charge is 0.404 e. The van der Waals surface area contributed by atoms with Crippen LogP contribution < -0.4 is 16.4 Å². The zero-order valence-electron chi connectivity index (χ0n) is 9.04. The van der Waals surface area contributed by atoms with Crippen LogP contribution in [0.5, 0.6) is 0 Å². The summed E-state index contributed by atoms with van der Waals surface area (Å²) >= 11 is 0. The van der Waals surface area contributed by atoms with E-state index < -0.39 is 24.6 Å². The molecule has 0 aromatic carbocycles. The number of hydrogen-bond acceptors (Lipinski definition) is 5. The van der Waals surface area contributed by atoms with Crippen molar-refractivity contribution in [2.75, 3.05) is 17.6 Å². The number of nitrogen functional groups attached to an aromatic ring is 1. The molecule has 6 N–H and O–H groups in total. The maximum Gasteiger partial charge on any atom is 0.404 e. The molecule has 0 bridgehead atoms. The van der Waals surface area contributed by atoms with Gasteiger partial charge in [0.05, 0.1) is 12.7 Å². The lowest BCUT2D eigenvalue weighted by molar-refractivity contribution is -0.123. The van der Waals surface area contributed by atoms with Gasteiger partial charge in [-0.3, -0.25) is 9.48 Å². The molecule has 1 unspecified atom stereocenters. The van der Waals surface area contributed by atoms with Gasteiger partial charge >= 0.3 is 6.09 Å². The van der Waals surface area contributed by atoms with Crippen LogP contribution in [-0.2, 0) is 11.8 Å². The second-order valence-electron chi connectivity index (χ2n) is 3.26. The SMILES string of the molecule is Cn1ncc(NC(=O)C(O)CNC(=O)O)c1N. The third kappa shape index (κ3) is 3.34. The molecule has 1 heterocycles. The van der Waals surface area contributed by atoms with E-state index in [1.807, 2.05) is 5.32 Å². The predicted octanol–water partition coefficient (Wildman–Crippen LogP) is -1.43. The average molecular weight is 243 g/mol. The summed E-state index contributed by atoms with van der Waals surface area (Å²) in [7, 11) is 1.59. The third-order valence-electron chi connectivity index (χ3n) is 1.99. The van der Waals surface area contributed by atoms with Crippen molar-refractivity contribution < 1.29 is 19.8 Å². The molecule has 0 saturated carbocycles. The maximum atomic E-state index is 11.4. The second-order valence-corrected chi connectivity index (χ2v) is 3.26. The van der Waals surface area contributed by atoms with Crippen molar-refractivity contribution in [3.63, 3.8) is 0 Å². The number of aryl methyl sites for hydroxylation is 1. The molecule has 1 rings (SSSR count). The van der Waals surface area contributed by atoms with Crippen molar-refractivity contribution >= 4 is 23.5 Å². The van der Waals surface area contributed by atoms with Crippen LogP contribution in [0.3, 0.4) is 0 Å². The number of nitrogens with two attached hydrogens (primary N) is 1. The van der Waals surface area contributed by atoms with Crippen molar-refractivity contribution in [2.24, 2.45) is 7.05 Å². The molecular weight excluding hydrogens is 230 g/mol. The van der Waals surface area contributed by atoms with Crippen LogP contribution in [0.2, 0.25) is 0 Å². The summed E-state index contributed by atoms with van der Waals surface area (Å²) in [6.07, 6.45) is -1.49. The number of aromatic nitrogens is 2. The number of amides is 2. The number of nitrogens with zero attached hydrogens (tertiary/aromatic N) is 2. The highest BCUT2D eigenvalue weighted by molar-refractivity contribution is 5.96. The Bertz CT molecular complexity index is 430. The molecule has 0 spiro atoms. The van der Waals surface area contributed by atoms with Crippen molar-refractivity contribution in [2.45, 2.75) is 6.10 Å². The standard InChI is InChI=1S/C8H13N5O4/c1-13-6(9)4(2-11-13)12-7(15)5(14)3-10-8(16)17/h2,5,10,14H,3,9H2,1H3,(H,12,15)(H,16,17). The molecule has 1 aromatic rings. The van der Waals surface area contributed by atoms with Gasteiger partial charge in [0.1, 0.15) is 17.6 Å². The lowest BCUT2D eigenvalue weighted by Gasteiger charge is -2.10. The van der Waals surface area contributed by atoms with E-state index >= 15 is 0 Å². The molecular formula is C8H13N5O4. The van der Waals surface area contributed by atoms with Crippen LogP contribution in [0.25, 0.3) is 0 Å². The lowest BCUT2D eigenvalue weighted by atomic mass is 10.3. The van der Waals surface area contributed by atoms with E-state index in [4.69, 9.17) is 10.8 Å². The monoisotopic (exact) mass is 243 g/mol. The number of carbonyl (C=O) groups is 2. The van der Waals surface area contributed by atoms with E-state index in [9.17, 15) is 14.7 Å². The van der Waals surface area contributed by atoms with Crippen LogP contribution in [0, 0.1) is 0 Å². The summed E-state index contributed by atoms with van der Waals surface area (Å²) in [5.74, 6) is -0.532. The Kier molecular flexibility index (Phi) is 3.88. The molecule has 2 amide bonds. The molecule has 0 saturated heterocycles. The number of rotatable bonds is 4. The molecule has 0 fully saturated rings. The van der Waals surface area contributed by atoms with Gasteiger partial charge < -0.3 is 26.6 Å². The summed E-state index contributed by atoms with van der Waals surface area (Å²) in [6.45, 7) is -0.401. The number of hydrogen-bond donors (Lipinski definition) is 5. The fourth-order valence-electron chi connectivity index (χ4n) is 1.04. The molecule has 0 aliphatic heterocycles. The Morgan fingerprint density at radius 3 is 2.76 bits per heavy atom. The highest BCUT2D eigenvalue weighted by atomic mass is 16.4. The Hall–Kier alpha value is -2.29. The molecule has 0 radical (unpaired) electrons. The minimum atomic E-state index is -1.49. The largest absolute Gasteiger partial charge is 0.465 e. The van der Waals surface area contributed by atoms with E-state index in [0.717, 1.165) is 0 Å². The first kappa shape index (κ1) is 12.8. The fraction of sp³-hybridized carbons (Fsp3) is 0.375. The number of carbonyl (C=O) groups excluding carboxylic acids is 1. The van der Waals surface area contributed by atoms with Crippen molar-refractivity contribution in [1.82, 2.24) is 15.1 Å². The molecule has 1 aromatic heterocycles. The summed E-state index contributed by atoms with van der Waals surface area (Å²) < 4.78 is 1.34. The third-order valence-corrected chi connectivity index (χ3v) is 1.99. The first-order valence-electron chi connectivity index (χ1n) is 4.65. The minimum Gasteiger partial charge on any atom is -0.465 e. The van der Waals surface area contributed by atoms with Crippen molar-refractivity contribution in [3.05, 3.63) is 6.20 Å². The number of aliphatic hydroxyl groups is 1. The first-order valence-corrected chi connectivity index (χ1v) is 4.65. The average Bonchev–Trinajstić information content (AvgIpc) is 2.57. The molecule has 0 aliphatic carbocycles. The number of nitrogens with one attached hydrogen (secondary N) is 2. The molecule has 0 aliphatic rings. The Balaban J connectivity index is 2.54. The molecule has 1 atom stereocenters. The highest BCUT2D eigenvalue weighted by Gasteiger charge is 2.17. The van der Waals surface area contributed by atoms with Gasteiger partial charge in [0.25, 0.3) is 5.91 Å². The Morgan fingerprint density at radius 2 is 2.29 bits per heavy atom. The quantitative estimate of drug-likeness (QED) is 0.438. The van der Waals surface area contributed by atoms with Gasteiger partial charge in [-0.1, -0.05) is 0 Å². The lowest BCUT2D eigenvalue weighted by Crippen LogP contribution is -2.38. The Morgan fingerprint density at radius 1 is 1.65 bits per heavy atom. The summed E-state index contributed by atoms with van der Waals surface area (Å²) in [6, 6.07) is 0. The first-order chi connectivity index (χ1) is 7.91. The van der Waals surface area contributed by atoms with Crippen LogP contribution >= 0.6 is 0 Å². The van der Waals surface area contributed by atoms with E-state index in [1.165, 1.54) is 10.9 Å². The number of anilines is 2. The van der Waals surface area contributed by atoms with Crippen molar-refractivity contribution in [1.29, 1.82) is 0 Å². The van der Waals surface area contributed by atoms with E-state index in [2.05, 4.69) is 10.4 Å². The van der Waals surface area contributed by atoms with E-state index in [1.54, 1.807) is 7.05 Å². The van der Waals surface area contributed by atoms with Gasteiger partial charge in [-0.2, -0.15) is 5.10 Å². The predicted molar refractivity (Wildman–Crippen MR) is 58.3 cm³/mol. The van der Waals surface area contributed by atoms with Gasteiger partial charge in [-0.05, 0) is 0 Å². The van der Waals surface area contributed by atoms with Gasteiger partial charge in [0.2, 0.25) is 0 Å². The van der Waals surface area contributed by atoms with Gasteiger partial charge in [0, 0.05) is 7.05 Å². The van der Waals surface area contributed by atoms with E-state index in [-0.39, 0.29) is 11.5 Å². The topological polar surface area (TPSA) is 142 Å².